The summed E-state index contributed by atoms with van der Waals surface area (Å²) in [5.74, 6) is 0.000766. The van der Waals surface area contributed by atoms with E-state index in [4.69, 9.17) is 10.2 Å². The van der Waals surface area contributed by atoms with Crippen molar-refractivity contribution < 1.29 is 9.21 Å². The number of hydrogen-bond donors (Lipinski definition) is 1. The topological polar surface area (TPSA) is 82.0 Å². The average Bonchev–Trinajstić information content (AvgIpc) is 3.11. The van der Waals surface area contributed by atoms with Crippen molar-refractivity contribution in [3.05, 3.63) is 57.9 Å². The van der Waals surface area contributed by atoms with Crippen LogP contribution in [0, 0.1) is 6.92 Å². The maximum atomic E-state index is 11.7. The second-order valence-corrected chi connectivity index (χ2v) is 5.58. The summed E-state index contributed by atoms with van der Waals surface area (Å²) in [5, 5.41) is 2.94. The molecule has 0 fully saturated rings. The summed E-state index contributed by atoms with van der Waals surface area (Å²) in [4.78, 5) is 20.2. The van der Waals surface area contributed by atoms with Gasteiger partial charge in [0.15, 0.2) is 0 Å². The Bertz CT molecular complexity index is 778. The fourth-order valence-electron chi connectivity index (χ4n) is 2.11. The van der Waals surface area contributed by atoms with E-state index in [1.165, 1.54) is 6.26 Å². The molecular formula is C15H13N3O2S. The predicted octanol–water partition coefficient (Wildman–Crippen LogP) is 2.80. The van der Waals surface area contributed by atoms with Gasteiger partial charge in [0.25, 0.3) is 0 Å². The summed E-state index contributed by atoms with van der Waals surface area (Å²) >= 11 is 1.57. The molecule has 2 N–H and O–H groups in total. The molecule has 1 aromatic carbocycles. The van der Waals surface area contributed by atoms with E-state index in [0.717, 1.165) is 21.8 Å². The Kier molecular flexibility index (Phi) is 3.53. The number of carbonyl (C=O) groups excluding carboxylic acids is 1. The van der Waals surface area contributed by atoms with Gasteiger partial charge in [-0.15, -0.1) is 11.3 Å². The summed E-state index contributed by atoms with van der Waals surface area (Å²) in [5.41, 5.74) is 8.52. The molecule has 0 aliphatic rings. The molecule has 1 amide bonds. The molecule has 21 heavy (non-hydrogen) atoms. The highest BCUT2D eigenvalue weighted by Gasteiger charge is 2.13. The molecule has 0 spiro atoms. The molecule has 0 aliphatic carbocycles. The molecule has 0 aliphatic heterocycles. The summed E-state index contributed by atoms with van der Waals surface area (Å²) in [6.07, 6.45) is 3.64. The van der Waals surface area contributed by atoms with Crippen LogP contribution in [0.5, 0.6) is 0 Å². The first kappa shape index (κ1) is 13.5. The number of nitrogens with two attached hydrogens (primary N) is 1. The quantitative estimate of drug-likeness (QED) is 0.803. The van der Waals surface area contributed by atoms with Gasteiger partial charge in [0.1, 0.15) is 6.26 Å². The summed E-state index contributed by atoms with van der Waals surface area (Å²) < 4.78 is 5.24. The Morgan fingerprint density at radius 2 is 2.29 bits per heavy atom. The van der Waals surface area contributed by atoms with Crippen LogP contribution in [0.3, 0.4) is 0 Å². The Hall–Kier alpha value is -2.47. The molecule has 0 saturated carbocycles. The summed E-state index contributed by atoms with van der Waals surface area (Å²) in [7, 11) is 0. The number of rotatable bonds is 4. The van der Waals surface area contributed by atoms with Gasteiger partial charge in [0, 0.05) is 28.6 Å². The third-order valence-electron chi connectivity index (χ3n) is 3.06. The summed E-state index contributed by atoms with van der Waals surface area (Å²) in [6.45, 7) is 1.95. The van der Waals surface area contributed by atoms with Crippen LogP contribution in [0.2, 0.25) is 0 Å². The van der Waals surface area contributed by atoms with Gasteiger partial charge in [-0.1, -0.05) is 6.07 Å². The first-order chi connectivity index (χ1) is 10.1. The summed E-state index contributed by atoms with van der Waals surface area (Å²) in [6, 6.07) is 5.45. The van der Waals surface area contributed by atoms with Crippen LogP contribution in [0.1, 0.15) is 26.6 Å². The molecule has 0 unspecified atom stereocenters. The Balaban J connectivity index is 1.98. The van der Waals surface area contributed by atoms with Gasteiger partial charge in [0.05, 0.1) is 11.2 Å². The molecule has 5 nitrogen and oxygen atoms in total. The zero-order valence-corrected chi connectivity index (χ0v) is 12.2. The number of thiazole rings is 1. The largest absolute Gasteiger partial charge is 0.445 e. The Labute approximate surface area is 125 Å². The minimum Gasteiger partial charge on any atom is -0.445 e. The third kappa shape index (κ3) is 2.85. The number of amides is 1. The van der Waals surface area contributed by atoms with Gasteiger partial charge >= 0.3 is 0 Å². The van der Waals surface area contributed by atoms with Crippen molar-refractivity contribution in [2.75, 3.05) is 0 Å². The van der Waals surface area contributed by atoms with Crippen LogP contribution in [-0.2, 0) is 6.42 Å². The van der Waals surface area contributed by atoms with Crippen molar-refractivity contribution >= 4 is 17.2 Å². The fourth-order valence-corrected chi connectivity index (χ4v) is 2.90. The van der Waals surface area contributed by atoms with Crippen LogP contribution in [0.15, 0.2) is 40.5 Å². The zero-order chi connectivity index (χ0) is 14.8. The van der Waals surface area contributed by atoms with Crippen molar-refractivity contribution in [1.29, 1.82) is 0 Å². The second kappa shape index (κ2) is 5.49. The normalized spacial score (nSPS) is 10.7. The molecule has 0 atom stereocenters. The molecule has 2 heterocycles. The fraction of sp³-hybridized carbons (Fsp3) is 0.133. The van der Waals surface area contributed by atoms with E-state index < -0.39 is 5.91 Å². The zero-order valence-electron chi connectivity index (χ0n) is 11.4. The van der Waals surface area contributed by atoms with E-state index in [0.29, 0.717) is 17.9 Å². The van der Waals surface area contributed by atoms with Crippen molar-refractivity contribution in [3.63, 3.8) is 0 Å². The van der Waals surface area contributed by atoms with E-state index >= 15 is 0 Å². The lowest BCUT2D eigenvalue weighted by Gasteiger charge is -2.07. The molecule has 6 heteroatoms. The predicted molar refractivity (Wildman–Crippen MR) is 80.1 cm³/mol. The van der Waals surface area contributed by atoms with Gasteiger partial charge in [-0.05, 0) is 24.6 Å². The first-order valence-electron chi connectivity index (χ1n) is 6.37. The van der Waals surface area contributed by atoms with Crippen molar-refractivity contribution in [3.8, 4) is 11.5 Å². The van der Waals surface area contributed by atoms with E-state index in [9.17, 15) is 4.79 Å². The van der Waals surface area contributed by atoms with Gasteiger partial charge in [-0.3, -0.25) is 4.79 Å². The number of aryl methyl sites for hydroxylation is 1. The number of oxazole rings is 1. The lowest BCUT2D eigenvalue weighted by atomic mass is 10.0. The second-order valence-electron chi connectivity index (χ2n) is 4.63. The SMILES string of the molecule is Cc1csc(Cc2ccc(-c3ncco3)cc2C(N)=O)n1. The van der Waals surface area contributed by atoms with E-state index in [1.807, 2.05) is 24.4 Å². The monoisotopic (exact) mass is 299 g/mol. The minimum absolute atomic E-state index is 0.466. The molecule has 2 aromatic heterocycles. The smallest absolute Gasteiger partial charge is 0.249 e. The number of nitrogens with zero attached hydrogens (tertiary/aromatic N) is 2. The third-order valence-corrected chi connectivity index (χ3v) is 4.03. The highest BCUT2D eigenvalue weighted by molar-refractivity contribution is 7.09. The van der Waals surface area contributed by atoms with Crippen molar-refractivity contribution in [2.45, 2.75) is 13.3 Å². The van der Waals surface area contributed by atoms with E-state index in [2.05, 4.69) is 9.97 Å². The lowest BCUT2D eigenvalue weighted by molar-refractivity contribution is 0.0999. The highest BCUT2D eigenvalue weighted by Crippen LogP contribution is 2.23. The number of benzene rings is 1. The van der Waals surface area contributed by atoms with Gasteiger partial charge < -0.3 is 10.2 Å². The number of carbonyl (C=O) groups is 1. The molecule has 0 radical (unpaired) electrons. The Morgan fingerprint density at radius 3 is 2.90 bits per heavy atom. The molecule has 0 saturated heterocycles. The number of hydrogen-bond acceptors (Lipinski definition) is 5. The van der Waals surface area contributed by atoms with Gasteiger partial charge in [-0.2, -0.15) is 0 Å². The molecule has 0 bridgehead atoms. The molecular weight excluding hydrogens is 286 g/mol. The maximum absolute atomic E-state index is 11.7. The van der Waals surface area contributed by atoms with Crippen molar-refractivity contribution in [1.82, 2.24) is 9.97 Å². The lowest BCUT2D eigenvalue weighted by Crippen LogP contribution is -2.14. The van der Waals surface area contributed by atoms with Crippen LogP contribution in [0.4, 0.5) is 0 Å². The van der Waals surface area contributed by atoms with E-state index in [1.54, 1.807) is 23.6 Å². The minimum atomic E-state index is -0.466. The van der Waals surface area contributed by atoms with Crippen LogP contribution in [0.25, 0.3) is 11.5 Å². The molecule has 3 rings (SSSR count). The van der Waals surface area contributed by atoms with Crippen LogP contribution in [-0.4, -0.2) is 15.9 Å². The van der Waals surface area contributed by atoms with Crippen molar-refractivity contribution in [2.24, 2.45) is 5.73 Å². The standard InChI is InChI=1S/C15H13N3O2S/c1-9-8-21-13(18-9)7-10-2-3-11(6-12(10)14(16)19)15-17-4-5-20-15/h2-6,8H,7H2,1H3,(H2,16,19). The molecule has 3 aromatic rings. The average molecular weight is 299 g/mol. The first-order valence-corrected chi connectivity index (χ1v) is 7.25. The Morgan fingerprint density at radius 1 is 1.43 bits per heavy atom. The maximum Gasteiger partial charge on any atom is 0.249 e. The van der Waals surface area contributed by atoms with Gasteiger partial charge in [-0.25, -0.2) is 9.97 Å². The van der Waals surface area contributed by atoms with Gasteiger partial charge in [0.2, 0.25) is 11.8 Å². The highest BCUT2D eigenvalue weighted by atomic mass is 32.1. The number of primary amides is 1. The molecule has 106 valence electrons. The van der Waals surface area contributed by atoms with E-state index in [-0.39, 0.29) is 0 Å². The van der Waals surface area contributed by atoms with Crippen LogP contribution < -0.4 is 5.73 Å². The van der Waals surface area contributed by atoms with Crippen LogP contribution >= 0.6 is 11.3 Å². The number of aromatic nitrogens is 2.